The summed E-state index contributed by atoms with van der Waals surface area (Å²) in [4.78, 5) is 24.7. The van der Waals surface area contributed by atoms with Crippen LogP contribution in [0, 0.1) is 6.92 Å². The Labute approximate surface area is 152 Å². The van der Waals surface area contributed by atoms with Gasteiger partial charge in [-0.1, -0.05) is 6.07 Å². The SMILES string of the molecule is CCOC(=O)c1oc2ccc(B3OC(C)(C)C(C)(C)O3)cc2c(=O)c1C. The lowest BCUT2D eigenvalue weighted by Crippen LogP contribution is -2.41. The molecule has 0 radical (unpaired) electrons. The molecule has 1 aromatic carbocycles. The van der Waals surface area contributed by atoms with Crippen LogP contribution in [0.25, 0.3) is 11.0 Å². The smallest absolute Gasteiger partial charge is 0.460 e. The molecule has 6 nitrogen and oxygen atoms in total. The van der Waals surface area contributed by atoms with Crippen LogP contribution in [0.15, 0.2) is 27.4 Å². The van der Waals surface area contributed by atoms with E-state index in [2.05, 4.69) is 0 Å². The Bertz CT molecular complexity index is 912. The largest absolute Gasteiger partial charge is 0.494 e. The number of hydrogen-bond donors (Lipinski definition) is 0. The van der Waals surface area contributed by atoms with Crippen LogP contribution in [-0.4, -0.2) is 30.9 Å². The molecule has 2 aromatic rings. The third kappa shape index (κ3) is 2.95. The highest BCUT2D eigenvalue weighted by Crippen LogP contribution is 2.36. The minimum atomic E-state index is -0.640. The second-order valence-corrected chi connectivity index (χ2v) is 7.45. The molecule has 0 spiro atoms. The number of rotatable bonds is 3. The molecular weight excluding hydrogens is 335 g/mol. The average molecular weight is 358 g/mol. The maximum atomic E-state index is 12.7. The van der Waals surface area contributed by atoms with E-state index < -0.39 is 24.3 Å². The molecule has 0 amide bonds. The number of esters is 1. The molecule has 1 fully saturated rings. The second kappa shape index (κ2) is 6.25. The number of fused-ring (bicyclic) bond motifs is 1. The fourth-order valence-electron chi connectivity index (χ4n) is 2.82. The molecule has 26 heavy (non-hydrogen) atoms. The van der Waals surface area contributed by atoms with Gasteiger partial charge in [0, 0.05) is 5.56 Å². The summed E-state index contributed by atoms with van der Waals surface area (Å²) < 4.78 is 22.7. The van der Waals surface area contributed by atoms with Crippen LogP contribution in [0.3, 0.4) is 0 Å². The summed E-state index contributed by atoms with van der Waals surface area (Å²) >= 11 is 0. The van der Waals surface area contributed by atoms with E-state index in [9.17, 15) is 9.59 Å². The first-order valence-electron chi connectivity index (χ1n) is 8.67. The molecule has 0 saturated carbocycles. The van der Waals surface area contributed by atoms with E-state index >= 15 is 0 Å². The highest BCUT2D eigenvalue weighted by atomic mass is 16.7. The van der Waals surface area contributed by atoms with Crippen LogP contribution in [0.2, 0.25) is 0 Å². The summed E-state index contributed by atoms with van der Waals surface area (Å²) in [5.74, 6) is -0.702. The predicted octanol–water partition coefficient (Wildman–Crippen LogP) is 2.58. The molecular formula is C19H23BO6. The van der Waals surface area contributed by atoms with Crippen molar-refractivity contribution in [1.29, 1.82) is 0 Å². The van der Waals surface area contributed by atoms with Crippen molar-refractivity contribution in [3.63, 3.8) is 0 Å². The van der Waals surface area contributed by atoms with Gasteiger partial charge in [0.2, 0.25) is 5.76 Å². The molecule has 1 aliphatic rings. The van der Waals surface area contributed by atoms with Gasteiger partial charge in [-0.05, 0) is 59.1 Å². The van der Waals surface area contributed by atoms with E-state index in [0.717, 1.165) is 5.46 Å². The predicted molar refractivity (Wildman–Crippen MR) is 98.9 cm³/mol. The van der Waals surface area contributed by atoms with Crippen molar-refractivity contribution in [3.8, 4) is 0 Å². The quantitative estimate of drug-likeness (QED) is 0.620. The van der Waals surface area contributed by atoms with E-state index in [1.54, 1.807) is 32.0 Å². The van der Waals surface area contributed by atoms with Gasteiger partial charge in [0.05, 0.1) is 23.2 Å². The molecule has 0 bridgehead atoms. The number of benzene rings is 1. The number of carbonyl (C=O) groups excluding carboxylic acids is 1. The lowest BCUT2D eigenvalue weighted by atomic mass is 9.78. The molecule has 0 aliphatic carbocycles. The fraction of sp³-hybridized carbons (Fsp3) is 0.474. The Kier molecular flexibility index (Phi) is 4.49. The summed E-state index contributed by atoms with van der Waals surface area (Å²) in [5.41, 5.74) is 0.0624. The monoisotopic (exact) mass is 358 g/mol. The lowest BCUT2D eigenvalue weighted by Gasteiger charge is -2.32. The van der Waals surface area contributed by atoms with Gasteiger partial charge in [0.25, 0.3) is 0 Å². The van der Waals surface area contributed by atoms with Gasteiger partial charge >= 0.3 is 13.1 Å². The van der Waals surface area contributed by atoms with E-state index in [-0.39, 0.29) is 23.4 Å². The van der Waals surface area contributed by atoms with Gasteiger partial charge in [-0.25, -0.2) is 4.79 Å². The van der Waals surface area contributed by atoms with Gasteiger partial charge in [-0.15, -0.1) is 0 Å². The summed E-state index contributed by atoms with van der Waals surface area (Å²) in [7, 11) is -0.575. The van der Waals surface area contributed by atoms with E-state index in [4.69, 9.17) is 18.5 Å². The van der Waals surface area contributed by atoms with Gasteiger partial charge in [0.15, 0.2) is 5.43 Å². The summed E-state index contributed by atoms with van der Waals surface area (Å²) in [6.45, 7) is 11.3. The summed E-state index contributed by atoms with van der Waals surface area (Å²) in [5, 5.41) is 0.378. The topological polar surface area (TPSA) is 75.0 Å². The molecule has 1 aromatic heterocycles. The Hall–Kier alpha value is -2.12. The third-order valence-corrected chi connectivity index (χ3v) is 5.13. The van der Waals surface area contributed by atoms with Gasteiger partial charge in [0.1, 0.15) is 5.58 Å². The first-order valence-corrected chi connectivity index (χ1v) is 8.67. The molecule has 138 valence electrons. The van der Waals surface area contributed by atoms with Crippen molar-refractivity contribution >= 4 is 29.5 Å². The summed E-state index contributed by atoms with van der Waals surface area (Å²) in [6, 6.07) is 5.13. The van der Waals surface area contributed by atoms with Crippen molar-refractivity contribution in [2.24, 2.45) is 0 Å². The Balaban J connectivity index is 2.06. The third-order valence-electron chi connectivity index (χ3n) is 5.13. The number of carbonyl (C=O) groups is 1. The fourth-order valence-corrected chi connectivity index (χ4v) is 2.82. The van der Waals surface area contributed by atoms with Crippen LogP contribution >= 0.6 is 0 Å². The standard InChI is InChI=1S/C19H23BO6/c1-7-23-17(22)16-11(2)15(21)13-10-12(8-9-14(13)24-16)20-25-18(3,4)19(5,6)26-20/h8-10H,7H2,1-6H3. The molecule has 3 rings (SSSR count). The lowest BCUT2D eigenvalue weighted by molar-refractivity contribution is 0.00578. The van der Waals surface area contributed by atoms with Crippen molar-refractivity contribution < 1.29 is 23.3 Å². The van der Waals surface area contributed by atoms with Gasteiger partial charge < -0.3 is 18.5 Å². The summed E-state index contributed by atoms with van der Waals surface area (Å²) in [6.07, 6.45) is 0. The van der Waals surface area contributed by atoms with Crippen LogP contribution in [0.1, 0.15) is 50.7 Å². The molecule has 1 aliphatic heterocycles. The average Bonchev–Trinajstić information content (AvgIpc) is 2.78. The zero-order valence-corrected chi connectivity index (χ0v) is 16.0. The number of hydrogen-bond acceptors (Lipinski definition) is 6. The molecule has 0 N–H and O–H groups in total. The minimum Gasteiger partial charge on any atom is -0.460 e. The zero-order valence-electron chi connectivity index (χ0n) is 16.0. The van der Waals surface area contributed by atoms with Gasteiger partial charge in [-0.2, -0.15) is 0 Å². The van der Waals surface area contributed by atoms with Crippen LogP contribution in [0.5, 0.6) is 0 Å². The van der Waals surface area contributed by atoms with Gasteiger partial charge in [-0.3, -0.25) is 4.79 Å². The first-order chi connectivity index (χ1) is 12.1. The molecule has 7 heteroatoms. The molecule has 0 atom stereocenters. The zero-order chi connectivity index (χ0) is 19.3. The van der Waals surface area contributed by atoms with Crippen molar-refractivity contribution in [3.05, 3.63) is 39.7 Å². The molecule has 1 saturated heterocycles. The van der Waals surface area contributed by atoms with E-state index in [1.807, 2.05) is 27.7 Å². The maximum Gasteiger partial charge on any atom is 0.494 e. The Morgan fingerprint density at radius 1 is 1.15 bits per heavy atom. The molecule has 0 unspecified atom stereocenters. The van der Waals surface area contributed by atoms with Crippen molar-refractivity contribution in [1.82, 2.24) is 0 Å². The minimum absolute atomic E-state index is 0.0623. The van der Waals surface area contributed by atoms with Crippen molar-refractivity contribution in [2.45, 2.75) is 52.7 Å². The normalized spacial score (nSPS) is 18.3. The number of ether oxygens (including phenoxy) is 1. The van der Waals surface area contributed by atoms with E-state index in [1.165, 1.54) is 0 Å². The first kappa shape index (κ1) is 18.7. The van der Waals surface area contributed by atoms with Crippen LogP contribution < -0.4 is 10.9 Å². The highest BCUT2D eigenvalue weighted by molar-refractivity contribution is 6.62. The van der Waals surface area contributed by atoms with Crippen LogP contribution in [-0.2, 0) is 14.0 Å². The Morgan fingerprint density at radius 2 is 1.77 bits per heavy atom. The van der Waals surface area contributed by atoms with E-state index in [0.29, 0.717) is 11.0 Å². The van der Waals surface area contributed by atoms with Crippen LogP contribution in [0.4, 0.5) is 0 Å². The second-order valence-electron chi connectivity index (χ2n) is 7.45. The maximum absolute atomic E-state index is 12.7. The molecule has 2 heterocycles. The highest BCUT2D eigenvalue weighted by Gasteiger charge is 2.51. The Morgan fingerprint density at radius 3 is 2.35 bits per heavy atom. The van der Waals surface area contributed by atoms with Crippen molar-refractivity contribution in [2.75, 3.05) is 6.61 Å².